The number of rotatable bonds is 15. The third-order valence-corrected chi connectivity index (χ3v) is 21.3. The number of hydrogen-bond donors (Lipinski definition) is 1. The summed E-state index contributed by atoms with van der Waals surface area (Å²) >= 11 is 0. The lowest BCUT2D eigenvalue weighted by Crippen LogP contribution is -2.68. The summed E-state index contributed by atoms with van der Waals surface area (Å²) in [4.78, 5) is 0. The molecule has 290 valence electrons. The summed E-state index contributed by atoms with van der Waals surface area (Å²) in [5, 5.41) is 16.0. The number of aliphatic hydroxyl groups excluding tert-OH is 1. The number of ether oxygens (including phenoxy) is 2. The predicted octanol–water partition coefficient (Wildman–Crippen LogP) is 8.37. The maximum Gasteiger partial charge on any atom is 0.261 e. The molecule has 7 heteroatoms. The first-order valence-corrected chi connectivity index (χ1v) is 23.8. The minimum absolute atomic E-state index is 0.181. The molecular formula is C48H60O5Si2. The normalized spacial score (nSPS) is 18.9. The van der Waals surface area contributed by atoms with Gasteiger partial charge in [0.15, 0.2) is 6.29 Å². The van der Waals surface area contributed by atoms with Gasteiger partial charge in [0.05, 0.1) is 24.9 Å². The van der Waals surface area contributed by atoms with Gasteiger partial charge in [-0.25, -0.2) is 0 Å². The van der Waals surface area contributed by atoms with Gasteiger partial charge in [-0.15, -0.1) is 0 Å². The summed E-state index contributed by atoms with van der Waals surface area (Å²) in [6.45, 7) is 14.9. The second-order valence-corrected chi connectivity index (χ2v) is 25.6. The molecule has 1 unspecified atom stereocenters. The third-order valence-electron chi connectivity index (χ3n) is 11.1. The van der Waals surface area contributed by atoms with Crippen LogP contribution >= 0.6 is 0 Å². The first-order valence-electron chi connectivity index (χ1n) is 20.0. The van der Waals surface area contributed by atoms with Crippen molar-refractivity contribution < 1.29 is 23.4 Å². The smallest absolute Gasteiger partial charge is 0.261 e. The van der Waals surface area contributed by atoms with E-state index in [1.165, 1.54) is 20.7 Å². The fraction of sp³-hybridized carbons (Fsp3) is 0.375. The Balaban J connectivity index is 1.33. The maximum absolute atomic E-state index is 11.4. The molecule has 0 radical (unpaired) electrons. The molecule has 0 saturated carbocycles. The van der Waals surface area contributed by atoms with Crippen molar-refractivity contribution in [2.24, 2.45) is 0 Å². The van der Waals surface area contributed by atoms with Gasteiger partial charge in [0.25, 0.3) is 16.6 Å². The van der Waals surface area contributed by atoms with E-state index in [4.69, 9.17) is 18.3 Å². The first kappa shape index (κ1) is 41.0. The van der Waals surface area contributed by atoms with Gasteiger partial charge in [-0.2, -0.15) is 0 Å². The van der Waals surface area contributed by atoms with Gasteiger partial charge in [0, 0.05) is 13.0 Å². The van der Waals surface area contributed by atoms with E-state index in [0.717, 1.165) is 5.56 Å². The van der Waals surface area contributed by atoms with Crippen LogP contribution in [0.2, 0.25) is 10.1 Å². The van der Waals surface area contributed by atoms with Gasteiger partial charge in [-0.05, 0) is 55.6 Å². The van der Waals surface area contributed by atoms with Crippen molar-refractivity contribution in [1.29, 1.82) is 0 Å². The Morgan fingerprint density at radius 1 is 0.600 bits per heavy atom. The molecule has 1 aliphatic heterocycles. The van der Waals surface area contributed by atoms with E-state index in [9.17, 15) is 5.11 Å². The van der Waals surface area contributed by atoms with E-state index in [2.05, 4.69) is 175 Å². The van der Waals surface area contributed by atoms with Crippen molar-refractivity contribution in [3.63, 3.8) is 0 Å². The molecule has 0 bridgehead atoms. The van der Waals surface area contributed by atoms with Crippen molar-refractivity contribution in [3.8, 4) is 0 Å². The summed E-state index contributed by atoms with van der Waals surface area (Å²) in [5.41, 5.74) is 1.15. The molecule has 0 amide bonds. The summed E-state index contributed by atoms with van der Waals surface area (Å²) in [6.07, 6.45) is 0.752. The van der Waals surface area contributed by atoms with Crippen LogP contribution in [0, 0.1) is 0 Å². The van der Waals surface area contributed by atoms with Gasteiger partial charge in [0.2, 0.25) is 0 Å². The van der Waals surface area contributed by atoms with Crippen LogP contribution in [0.4, 0.5) is 0 Å². The van der Waals surface area contributed by atoms with Crippen LogP contribution in [0.25, 0.3) is 0 Å². The van der Waals surface area contributed by atoms with E-state index >= 15 is 0 Å². The summed E-state index contributed by atoms with van der Waals surface area (Å²) < 4.78 is 28.1. The van der Waals surface area contributed by atoms with Crippen LogP contribution < -0.4 is 20.7 Å². The topological polar surface area (TPSA) is 57.2 Å². The summed E-state index contributed by atoms with van der Waals surface area (Å²) in [7, 11) is -5.76. The Morgan fingerprint density at radius 2 is 1.02 bits per heavy atom. The van der Waals surface area contributed by atoms with E-state index in [0.29, 0.717) is 38.9 Å². The molecular weight excluding hydrogens is 713 g/mol. The monoisotopic (exact) mass is 772 g/mol. The molecule has 1 N–H and O–H groups in total. The molecule has 5 aromatic carbocycles. The van der Waals surface area contributed by atoms with E-state index in [1.54, 1.807) is 0 Å². The number of aliphatic hydroxyl groups is 1. The number of benzene rings is 5. The zero-order chi connectivity index (χ0) is 38.9. The van der Waals surface area contributed by atoms with E-state index in [-0.39, 0.29) is 28.4 Å². The van der Waals surface area contributed by atoms with Gasteiger partial charge in [0.1, 0.15) is 0 Å². The molecule has 6 rings (SSSR count). The molecule has 1 fully saturated rings. The largest absolute Gasteiger partial charge is 0.404 e. The lowest BCUT2D eigenvalue weighted by Gasteiger charge is -2.48. The average Bonchev–Trinajstić information content (AvgIpc) is 3.18. The Morgan fingerprint density at radius 3 is 1.45 bits per heavy atom. The van der Waals surface area contributed by atoms with Crippen LogP contribution in [-0.4, -0.2) is 53.0 Å². The molecule has 5 aromatic rings. The molecule has 0 spiro atoms. The number of hydrogen-bond acceptors (Lipinski definition) is 5. The third kappa shape index (κ3) is 9.49. The highest BCUT2D eigenvalue weighted by Crippen LogP contribution is 2.41. The Hall–Kier alpha value is -3.67. The van der Waals surface area contributed by atoms with Crippen LogP contribution in [0.5, 0.6) is 0 Å². The van der Waals surface area contributed by atoms with Crippen molar-refractivity contribution in [2.75, 3.05) is 6.61 Å². The zero-order valence-corrected chi connectivity index (χ0v) is 35.6. The fourth-order valence-electron chi connectivity index (χ4n) is 8.58. The van der Waals surface area contributed by atoms with E-state index < -0.39 is 22.9 Å². The molecule has 1 saturated heterocycles. The van der Waals surface area contributed by atoms with Gasteiger partial charge < -0.3 is 23.4 Å². The maximum atomic E-state index is 11.4. The van der Waals surface area contributed by atoms with Crippen LogP contribution in [0.15, 0.2) is 152 Å². The van der Waals surface area contributed by atoms with Gasteiger partial charge in [-0.1, -0.05) is 193 Å². The predicted molar refractivity (Wildman–Crippen MR) is 230 cm³/mol. The lowest BCUT2D eigenvalue weighted by atomic mass is 9.99. The SMILES string of the molecule is CC(C)(C)[Si](O[C@@H](CCOCc1ccccc1)C[C@H]1C[C@@H](O[Si](c2ccccc2)(c2ccccc2)C(C)(C)C)CC(O)O1)(c1ccccc1)c1ccccc1. The standard InChI is InChI=1S/C48H60O5Si2/c1-47(2,3)54(42-24-14-8-15-25-42,43-26-16-9-17-27-43)52-39(32-33-50-37-38-22-12-7-13-23-38)34-40-35-41(36-46(49)51-40)53-55(48(4,5)6,44-28-18-10-19-29-44)45-30-20-11-21-31-45/h7-31,39-41,46,49H,32-37H2,1-6H3/t39-,40-,41+,46?/m0/s1. The Kier molecular flexibility index (Phi) is 13.5. The van der Waals surface area contributed by atoms with Crippen molar-refractivity contribution in [1.82, 2.24) is 0 Å². The highest BCUT2D eigenvalue weighted by molar-refractivity contribution is 7.00. The van der Waals surface area contributed by atoms with Gasteiger partial charge in [-0.3, -0.25) is 0 Å². The molecule has 1 aliphatic rings. The average molecular weight is 773 g/mol. The van der Waals surface area contributed by atoms with Crippen LogP contribution in [0.3, 0.4) is 0 Å². The molecule has 0 aliphatic carbocycles. The summed E-state index contributed by atoms with van der Waals surface area (Å²) in [6, 6.07) is 53.4. The molecule has 4 atom stereocenters. The van der Waals surface area contributed by atoms with Crippen molar-refractivity contribution in [3.05, 3.63) is 157 Å². The van der Waals surface area contributed by atoms with Gasteiger partial charge >= 0.3 is 0 Å². The summed E-state index contributed by atoms with van der Waals surface area (Å²) in [5.74, 6) is 0. The molecule has 0 aromatic heterocycles. The second-order valence-electron chi connectivity index (χ2n) is 17.1. The van der Waals surface area contributed by atoms with Crippen LogP contribution in [-0.2, 0) is 24.9 Å². The minimum Gasteiger partial charge on any atom is -0.404 e. The van der Waals surface area contributed by atoms with Crippen molar-refractivity contribution >= 4 is 37.4 Å². The van der Waals surface area contributed by atoms with E-state index in [1.807, 2.05) is 18.2 Å². The molecule has 55 heavy (non-hydrogen) atoms. The van der Waals surface area contributed by atoms with Crippen molar-refractivity contribution in [2.45, 2.75) is 109 Å². The highest BCUT2D eigenvalue weighted by Gasteiger charge is 2.54. The fourth-order valence-corrected chi connectivity index (χ4v) is 18.0. The second kappa shape index (κ2) is 18.1. The zero-order valence-electron chi connectivity index (χ0n) is 33.6. The van der Waals surface area contributed by atoms with Crippen LogP contribution in [0.1, 0.15) is 72.8 Å². The minimum atomic E-state index is -2.90. The molecule has 5 nitrogen and oxygen atoms in total. The first-order chi connectivity index (χ1) is 26.4. The Labute approximate surface area is 331 Å². The lowest BCUT2D eigenvalue weighted by molar-refractivity contribution is -0.192. The quantitative estimate of drug-likeness (QED) is 0.0857. The Bertz CT molecular complexity index is 1780. The molecule has 1 heterocycles. The highest BCUT2D eigenvalue weighted by atomic mass is 28.4.